The zero-order valence-electron chi connectivity index (χ0n) is 31.6. The zero-order valence-corrected chi connectivity index (χ0v) is 31.6. The predicted octanol–water partition coefficient (Wildman–Crippen LogP) is 2.43. The maximum atomic E-state index is 15.1. The van der Waals surface area contributed by atoms with Gasteiger partial charge in [0.2, 0.25) is 11.8 Å². The normalized spacial score (nSPS) is 16.4. The van der Waals surface area contributed by atoms with Crippen LogP contribution in [0.4, 0.5) is 8.78 Å². The molecule has 298 valence electrons. The molecule has 0 saturated carbocycles. The molecule has 1 aromatic heterocycles. The fraction of sp³-hybridized carbons (Fsp3) is 0.425. The Balaban J connectivity index is 1.26. The topological polar surface area (TPSA) is 184 Å². The number of imide groups is 1. The molecule has 2 aliphatic heterocycles. The van der Waals surface area contributed by atoms with E-state index in [-0.39, 0.29) is 69.4 Å². The smallest absolute Gasteiger partial charge is 0.333 e. The first-order valence-electron chi connectivity index (χ1n) is 18.5. The van der Waals surface area contributed by atoms with Gasteiger partial charge in [-0.15, -0.1) is 5.06 Å². The molecule has 2 atom stereocenters. The molecule has 3 aromatic rings. The highest BCUT2D eigenvalue weighted by Crippen LogP contribution is 2.41. The van der Waals surface area contributed by atoms with Gasteiger partial charge in [0, 0.05) is 68.2 Å². The molecule has 2 fully saturated rings. The monoisotopic (exact) mass is 777 g/mol. The minimum Gasteiger partial charge on any atom is -0.387 e. The second-order valence-corrected chi connectivity index (χ2v) is 15.0. The number of aliphatic hydroxyl groups is 1. The number of halogens is 2. The number of aliphatic hydroxyl groups excluding tert-OH is 1. The van der Waals surface area contributed by atoms with E-state index in [2.05, 4.69) is 5.32 Å². The van der Waals surface area contributed by atoms with Crippen LogP contribution in [0.2, 0.25) is 0 Å². The molecular weight excluding hydrogens is 730 g/mol. The van der Waals surface area contributed by atoms with Crippen molar-refractivity contribution in [3.63, 3.8) is 0 Å². The average molecular weight is 778 g/mol. The van der Waals surface area contributed by atoms with E-state index in [9.17, 15) is 38.3 Å². The van der Waals surface area contributed by atoms with Crippen LogP contribution in [0.1, 0.15) is 83.0 Å². The standard InChI is InChI=1S/C40H46F2N6O8/c1-40(2,3)38(31-19-26(28-20-27(41)13-14-29(28)42)23-45(31)22-25-9-5-4-6-10-25)47(36(53)24-49)18-8-17-46-32(43)21-30(39(46)55)44-33(50)11-7-12-37(54)56-48-34(51)15-16-35(48)52/h4-6,9-10,13-14,19-20,23,30,38,43,49H,7-8,11-12,15-18,21-22,24H2,1-3H3,(H,44,50)/p+1/t30-,38-/m0/s1. The van der Waals surface area contributed by atoms with Crippen LogP contribution in [-0.4, -0.2) is 91.6 Å². The van der Waals surface area contributed by atoms with Gasteiger partial charge in [-0.3, -0.25) is 24.6 Å². The molecular formula is C40H47F2N6O8+. The number of hydroxylamine groups is 2. The number of carbonyl (C=O) groups excluding carboxylic acids is 6. The number of hydrogen-bond donors (Lipinski definition) is 3. The molecule has 0 radical (unpaired) electrons. The number of carbonyl (C=O) groups is 6. The van der Waals surface area contributed by atoms with Crippen LogP contribution in [-0.2, 0) is 40.1 Å². The predicted molar refractivity (Wildman–Crippen MR) is 197 cm³/mol. The van der Waals surface area contributed by atoms with E-state index in [4.69, 9.17) is 10.2 Å². The molecule has 0 bridgehead atoms. The van der Waals surface area contributed by atoms with Gasteiger partial charge in [0.05, 0.1) is 19.0 Å². The Kier molecular flexibility index (Phi) is 13.2. The van der Waals surface area contributed by atoms with Gasteiger partial charge < -0.3 is 24.7 Å². The molecule has 5 rings (SSSR count). The van der Waals surface area contributed by atoms with Crippen molar-refractivity contribution in [2.75, 3.05) is 19.7 Å². The lowest BCUT2D eigenvalue weighted by Gasteiger charge is -2.41. The zero-order chi connectivity index (χ0) is 40.7. The molecule has 16 heteroatoms. The molecule has 2 saturated heterocycles. The third kappa shape index (κ3) is 9.90. The van der Waals surface area contributed by atoms with Crippen molar-refractivity contribution < 1.29 is 52.9 Å². The van der Waals surface area contributed by atoms with Crippen molar-refractivity contribution in [2.45, 2.75) is 84.3 Å². The highest BCUT2D eigenvalue weighted by atomic mass is 19.1. The SMILES string of the molecule is CC(C)(C)[C@H](c1cc(-c2cc(F)ccc2F)cn1Cc1ccccc1)N(CCCN1C(=[NH2+])C[C@H](NC(=O)CCCC(=O)ON2C(=O)CCC2=O)C1=O)C(=O)CO. The fourth-order valence-electron chi connectivity index (χ4n) is 7.07. The lowest BCUT2D eigenvalue weighted by Crippen LogP contribution is -2.50. The Hall–Kier alpha value is -5.77. The Labute approximate surface area is 322 Å². The number of amides is 5. The lowest BCUT2D eigenvalue weighted by molar-refractivity contribution is -0.197. The quantitative estimate of drug-likeness (QED) is 0.185. The summed E-state index contributed by atoms with van der Waals surface area (Å²) < 4.78 is 31.3. The summed E-state index contributed by atoms with van der Waals surface area (Å²) in [5.41, 5.74) is 1.38. The molecule has 0 spiro atoms. The third-order valence-corrected chi connectivity index (χ3v) is 9.66. The minimum absolute atomic E-state index is 0.0369. The van der Waals surface area contributed by atoms with E-state index in [0.29, 0.717) is 22.9 Å². The number of benzene rings is 2. The average Bonchev–Trinajstić information content (AvgIpc) is 3.78. The van der Waals surface area contributed by atoms with Gasteiger partial charge in [-0.25, -0.2) is 18.4 Å². The number of nitrogens with one attached hydrogen (secondary N) is 1. The van der Waals surface area contributed by atoms with E-state index >= 15 is 4.39 Å². The molecule has 0 aliphatic carbocycles. The van der Waals surface area contributed by atoms with E-state index in [1.54, 1.807) is 12.3 Å². The molecule has 5 amide bonds. The van der Waals surface area contributed by atoms with Crippen molar-refractivity contribution in [3.8, 4) is 11.1 Å². The van der Waals surface area contributed by atoms with Crippen molar-refractivity contribution in [1.29, 1.82) is 0 Å². The Morgan fingerprint density at radius 3 is 2.36 bits per heavy atom. The molecule has 14 nitrogen and oxygen atoms in total. The summed E-state index contributed by atoms with van der Waals surface area (Å²) in [5.74, 6) is -4.59. The van der Waals surface area contributed by atoms with Gasteiger partial charge in [0.1, 0.15) is 24.3 Å². The van der Waals surface area contributed by atoms with Crippen molar-refractivity contribution in [2.24, 2.45) is 5.41 Å². The lowest BCUT2D eigenvalue weighted by atomic mass is 9.83. The van der Waals surface area contributed by atoms with Gasteiger partial charge in [0.15, 0.2) is 0 Å². The fourth-order valence-corrected chi connectivity index (χ4v) is 7.07. The first-order chi connectivity index (χ1) is 26.6. The van der Waals surface area contributed by atoms with Crippen LogP contribution in [0.15, 0.2) is 60.8 Å². The first-order valence-corrected chi connectivity index (χ1v) is 18.5. The van der Waals surface area contributed by atoms with Crippen LogP contribution in [0.25, 0.3) is 11.1 Å². The minimum atomic E-state index is -0.949. The molecule has 3 heterocycles. The van der Waals surface area contributed by atoms with Gasteiger partial charge in [-0.05, 0) is 41.7 Å². The summed E-state index contributed by atoms with van der Waals surface area (Å²) in [6, 6.07) is 12.8. The molecule has 56 heavy (non-hydrogen) atoms. The number of hydrogen-bond acceptors (Lipinski definition) is 8. The summed E-state index contributed by atoms with van der Waals surface area (Å²) in [4.78, 5) is 82.6. The van der Waals surface area contributed by atoms with Gasteiger partial charge in [-0.1, -0.05) is 51.1 Å². The number of rotatable bonds is 16. The van der Waals surface area contributed by atoms with Crippen LogP contribution in [0.3, 0.4) is 0 Å². The van der Waals surface area contributed by atoms with E-state index in [1.165, 1.54) is 9.80 Å². The van der Waals surface area contributed by atoms with Crippen LogP contribution >= 0.6 is 0 Å². The molecule has 0 unspecified atom stereocenters. The first kappa shape index (κ1) is 41.4. The Morgan fingerprint density at radius 2 is 1.70 bits per heavy atom. The summed E-state index contributed by atoms with van der Waals surface area (Å²) in [5, 5.41) is 19.4. The maximum Gasteiger partial charge on any atom is 0.333 e. The van der Waals surface area contributed by atoms with Crippen LogP contribution in [0.5, 0.6) is 0 Å². The van der Waals surface area contributed by atoms with E-state index in [1.807, 2.05) is 55.7 Å². The van der Waals surface area contributed by atoms with Crippen LogP contribution in [0, 0.1) is 17.0 Å². The van der Waals surface area contributed by atoms with Gasteiger partial charge >= 0.3 is 11.9 Å². The second kappa shape index (κ2) is 17.8. The Morgan fingerprint density at radius 1 is 1.00 bits per heavy atom. The van der Waals surface area contributed by atoms with Crippen molar-refractivity contribution in [3.05, 3.63) is 83.7 Å². The maximum absolute atomic E-state index is 15.1. The number of amidine groups is 1. The van der Waals surface area contributed by atoms with Crippen molar-refractivity contribution >= 4 is 41.3 Å². The third-order valence-electron chi connectivity index (χ3n) is 9.66. The van der Waals surface area contributed by atoms with Gasteiger partial charge in [-0.2, -0.15) is 4.90 Å². The summed E-state index contributed by atoms with van der Waals surface area (Å²) in [6.45, 7) is 5.52. The molecule has 2 aromatic carbocycles. The summed E-state index contributed by atoms with van der Waals surface area (Å²) in [6.07, 6.45) is 1.60. The number of likely N-dealkylation sites (tertiary alicyclic amines) is 1. The van der Waals surface area contributed by atoms with Crippen LogP contribution < -0.4 is 10.7 Å². The Bertz CT molecular complexity index is 1980. The van der Waals surface area contributed by atoms with Crippen molar-refractivity contribution in [1.82, 2.24) is 24.7 Å². The highest BCUT2D eigenvalue weighted by molar-refractivity contribution is 6.07. The molecule has 2 aliphatic rings. The van der Waals surface area contributed by atoms with E-state index in [0.717, 1.165) is 23.8 Å². The van der Waals surface area contributed by atoms with E-state index < -0.39 is 71.2 Å². The summed E-state index contributed by atoms with van der Waals surface area (Å²) >= 11 is 0. The number of nitrogens with zero attached hydrogens (tertiary/aromatic N) is 4. The van der Waals surface area contributed by atoms with Gasteiger partial charge in [0.25, 0.3) is 17.6 Å². The number of nitrogens with two attached hydrogens (primary N) is 1. The molecule has 4 N–H and O–H groups in total. The number of aromatic nitrogens is 1. The largest absolute Gasteiger partial charge is 0.387 e. The summed E-state index contributed by atoms with van der Waals surface area (Å²) in [7, 11) is 0. The second-order valence-electron chi connectivity index (χ2n) is 15.0. The highest BCUT2D eigenvalue weighted by Gasteiger charge is 2.44.